The van der Waals surface area contributed by atoms with Gasteiger partial charge in [0.2, 0.25) is 0 Å². The van der Waals surface area contributed by atoms with Crippen LogP contribution in [0, 0.1) is 0 Å². The summed E-state index contributed by atoms with van der Waals surface area (Å²) in [5.41, 5.74) is 0. The van der Waals surface area contributed by atoms with Crippen molar-refractivity contribution in [3.8, 4) is 0 Å². The van der Waals surface area contributed by atoms with Gasteiger partial charge in [-0.15, -0.1) is 0 Å². The zero-order valence-corrected chi connectivity index (χ0v) is 7.42. The maximum atomic E-state index is 9.45. The van der Waals surface area contributed by atoms with E-state index in [1.807, 2.05) is 0 Å². The molecule has 0 atom stereocenters. The second-order valence-corrected chi connectivity index (χ2v) is 4.51. The van der Waals surface area contributed by atoms with E-state index in [0.29, 0.717) is 0 Å². The average Bonchev–Trinajstić information content (AvgIpc) is 2.04. The molecule has 0 aromatic rings. The van der Waals surface area contributed by atoms with Gasteiger partial charge in [-0.05, 0) is 0 Å². The molecule has 0 aliphatic carbocycles. The van der Waals surface area contributed by atoms with Gasteiger partial charge in [0.1, 0.15) is 0 Å². The molecule has 6 heteroatoms. The Kier molecular flexibility index (Phi) is 3.16. The molecule has 0 spiro atoms. The molecule has 5 nitrogen and oxygen atoms in total. The second-order valence-electron chi connectivity index (χ2n) is 1.50. The van der Waals surface area contributed by atoms with E-state index in [4.69, 9.17) is 0 Å². The van der Waals surface area contributed by atoms with Gasteiger partial charge in [-0.25, -0.2) is 0 Å². The Morgan fingerprint density at radius 1 is 0.800 bits per heavy atom. The van der Waals surface area contributed by atoms with Crippen LogP contribution >= 0.6 is 7.74 Å². The Morgan fingerprint density at radius 3 is 1.00 bits per heavy atom. The van der Waals surface area contributed by atoms with Crippen LogP contribution in [0.4, 0.5) is 0 Å². The summed E-state index contributed by atoms with van der Waals surface area (Å²) in [5.74, 6) is 0. The first-order chi connectivity index (χ1) is 4.54. The van der Waals surface area contributed by atoms with Gasteiger partial charge in [0.25, 0.3) is 0 Å². The molecule has 0 amide bonds. The molecule has 0 rings (SSSR count). The molecule has 10 heavy (non-hydrogen) atoms. The number of rotatable bonds is 4. The minimum absolute atomic E-state index is 1.24. The summed E-state index contributed by atoms with van der Waals surface area (Å²) in [5, 5.41) is 0. The standard InChI is InChI=1S/C4H13O5P/c1-6-10(5,7-2,8-3)9-4/h5H,1-4H3. The molecule has 0 aliphatic heterocycles. The van der Waals surface area contributed by atoms with Crippen LogP contribution in [0.2, 0.25) is 0 Å². The van der Waals surface area contributed by atoms with Crippen LogP contribution in [-0.2, 0) is 18.1 Å². The molecule has 0 bridgehead atoms. The third-order valence-corrected chi connectivity index (χ3v) is 3.66. The summed E-state index contributed by atoms with van der Waals surface area (Å²) in [6, 6.07) is 0. The monoisotopic (exact) mass is 172 g/mol. The molecule has 0 radical (unpaired) electrons. The van der Waals surface area contributed by atoms with E-state index in [1.54, 1.807) is 0 Å². The maximum absolute atomic E-state index is 9.45. The SMILES string of the molecule is COP(O)(OC)(OC)OC. The van der Waals surface area contributed by atoms with E-state index in [9.17, 15) is 4.89 Å². The van der Waals surface area contributed by atoms with Crippen LogP contribution < -0.4 is 0 Å². The van der Waals surface area contributed by atoms with E-state index < -0.39 is 7.74 Å². The van der Waals surface area contributed by atoms with Crippen molar-refractivity contribution >= 4 is 7.74 Å². The van der Waals surface area contributed by atoms with Crippen molar-refractivity contribution < 1.29 is 23.0 Å². The van der Waals surface area contributed by atoms with Crippen molar-refractivity contribution in [2.24, 2.45) is 0 Å². The van der Waals surface area contributed by atoms with E-state index in [1.165, 1.54) is 28.4 Å². The van der Waals surface area contributed by atoms with Crippen LogP contribution in [0.25, 0.3) is 0 Å². The molecule has 0 heterocycles. The summed E-state index contributed by atoms with van der Waals surface area (Å²) >= 11 is 0. The summed E-state index contributed by atoms with van der Waals surface area (Å²) in [6.07, 6.45) is 0. The molecule has 64 valence electrons. The van der Waals surface area contributed by atoms with Crippen molar-refractivity contribution in [2.75, 3.05) is 28.4 Å². The van der Waals surface area contributed by atoms with E-state index in [-0.39, 0.29) is 0 Å². The van der Waals surface area contributed by atoms with Crippen molar-refractivity contribution in [2.45, 2.75) is 0 Å². The minimum atomic E-state index is -4.15. The van der Waals surface area contributed by atoms with Gasteiger partial charge in [0.05, 0.1) is 0 Å². The summed E-state index contributed by atoms with van der Waals surface area (Å²) in [6.45, 7) is 0. The first kappa shape index (κ1) is 10.2. The van der Waals surface area contributed by atoms with Gasteiger partial charge in [-0.1, -0.05) is 0 Å². The first-order valence-corrected chi connectivity index (χ1v) is 4.42. The molecule has 0 saturated carbocycles. The van der Waals surface area contributed by atoms with Gasteiger partial charge in [-0.2, -0.15) is 0 Å². The van der Waals surface area contributed by atoms with Crippen LogP contribution in [0.1, 0.15) is 0 Å². The molecule has 0 aromatic heterocycles. The average molecular weight is 172 g/mol. The Bertz CT molecular complexity index is 88.7. The predicted octanol–water partition coefficient (Wildman–Crippen LogP) is 0.693. The molecule has 0 unspecified atom stereocenters. The zero-order valence-electron chi connectivity index (χ0n) is 6.53. The van der Waals surface area contributed by atoms with E-state index in [0.717, 1.165) is 0 Å². The third-order valence-electron chi connectivity index (χ3n) is 1.22. The quantitative estimate of drug-likeness (QED) is 0.632. The zero-order chi connectivity index (χ0) is 8.28. The normalized spacial score (nSPS) is 16.3. The van der Waals surface area contributed by atoms with Gasteiger partial charge in [0, 0.05) is 0 Å². The van der Waals surface area contributed by atoms with Crippen LogP contribution in [0.15, 0.2) is 0 Å². The van der Waals surface area contributed by atoms with Gasteiger partial charge in [-0.3, -0.25) is 0 Å². The molecule has 0 aromatic carbocycles. The molecule has 0 aliphatic rings. The van der Waals surface area contributed by atoms with E-state index >= 15 is 0 Å². The summed E-state index contributed by atoms with van der Waals surface area (Å²) < 4.78 is 18.4. The Morgan fingerprint density at radius 2 is 1.00 bits per heavy atom. The van der Waals surface area contributed by atoms with E-state index in [2.05, 4.69) is 18.1 Å². The molecular formula is C4H13O5P. The van der Waals surface area contributed by atoms with Gasteiger partial charge < -0.3 is 0 Å². The number of hydrogen-bond donors (Lipinski definition) is 1. The van der Waals surface area contributed by atoms with Crippen LogP contribution in [0.3, 0.4) is 0 Å². The van der Waals surface area contributed by atoms with Crippen molar-refractivity contribution in [1.29, 1.82) is 0 Å². The molecular weight excluding hydrogens is 159 g/mol. The fourth-order valence-corrected chi connectivity index (χ4v) is 1.34. The summed E-state index contributed by atoms with van der Waals surface area (Å²) in [4.78, 5) is 9.45. The Balaban J connectivity index is 4.42. The number of hydrogen-bond acceptors (Lipinski definition) is 5. The molecule has 1 N–H and O–H groups in total. The summed E-state index contributed by atoms with van der Waals surface area (Å²) in [7, 11) is 0.825. The Labute approximate surface area is 60.2 Å². The van der Waals surface area contributed by atoms with Gasteiger partial charge >= 0.3 is 59.2 Å². The topological polar surface area (TPSA) is 57.2 Å². The first-order valence-electron chi connectivity index (χ1n) is 2.56. The van der Waals surface area contributed by atoms with Crippen LogP contribution in [-0.4, -0.2) is 33.3 Å². The Hall–Kier alpha value is 0.230. The van der Waals surface area contributed by atoms with Crippen LogP contribution in [0.5, 0.6) is 0 Å². The molecule has 0 saturated heterocycles. The fraction of sp³-hybridized carbons (Fsp3) is 1.00. The second kappa shape index (κ2) is 3.09. The van der Waals surface area contributed by atoms with Crippen molar-refractivity contribution in [3.05, 3.63) is 0 Å². The third kappa shape index (κ3) is 1.63. The molecule has 0 fully saturated rings. The van der Waals surface area contributed by atoms with Gasteiger partial charge in [0.15, 0.2) is 0 Å². The predicted molar refractivity (Wildman–Crippen MR) is 37.2 cm³/mol. The van der Waals surface area contributed by atoms with Crippen molar-refractivity contribution in [3.63, 3.8) is 0 Å². The van der Waals surface area contributed by atoms with Crippen molar-refractivity contribution in [1.82, 2.24) is 0 Å². The fourth-order valence-electron chi connectivity index (χ4n) is 0.447.